The third kappa shape index (κ3) is 3.16. The summed E-state index contributed by atoms with van der Waals surface area (Å²) in [5.41, 5.74) is 0. The first kappa shape index (κ1) is 12.3. The average molecular weight is 248 g/mol. The highest BCUT2D eigenvalue weighted by molar-refractivity contribution is 5.47. The lowest BCUT2D eigenvalue weighted by Gasteiger charge is -2.08. The summed E-state index contributed by atoms with van der Waals surface area (Å²) in [5, 5.41) is 9.89. The molecule has 0 saturated carbocycles. The predicted octanol–water partition coefficient (Wildman–Crippen LogP) is 1.47. The van der Waals surface area contributed by atoms with E-state index in [0.717, 1.165) is 30.3 Å². The van der Waals surface area contributed by atoms with Crippen molar-refractivity contribution in [3.8, 4) is 0 Å². The Morgan fingerprint density at radius 2 is 2.06 bits per heavy atom. The smallest absolute Gasteiger partial charge is 0.213 e. The van der Waals surface area contributed by atoms with Gasteiger partial charge in [0.05, 0.1) is 6.54 Å². The van der Waals surface area contributed by atoms with Gasteiger partial charge >= 0.3 is 0 Å². The Kier molecular flexibility index (Phi) is 4.06. The Labute approximate surface area is 105 Å². The first-order valence-corrected chi connectivity index (χ1v) is 5.86. The Hall–Kier alpha value is -2.18. The summed E-state index contributed by atoms with van der Waals surface area (Å²) in [5.74, 6) is 2.96. The highest BCUT2D eigenvalue weighted by Crippen LogP contribution is 2.12. The second-order valence-corrected chi connectivity index (χ2v) is 3.76. The van der Waals surface area contributed by atoms with Crippen LogP contribution in [0.1, 0.15) is 25.0 Å². The first-order valence-electron chi connectivity index (χ1n) is 5.86. The Balaban J connectivity index is 2.08. The fraction of sp³-hybridized carbons (Fsp3) is 0.455. The third-order valence-electron chi connectivity index (χ3n) is 2.34. The molecule has 0 spiro atoms. The van der Waals surface area contributed by atoms with Gasteiger partial charge in [-0.05, 0) is 6.42 Å². The van der Waals surface area contributed by atoms with Crippen LogP contribution in [0.4, 0.5) is 11.6 Å². The lowest BCUT2D eigenvalue weighted by molar-refractivity contribution is 0.411. The number of aryl methyl sites for hydroxylation is 1. The highest BCUT2D eigenvalue weighted by Gasteiger charge is 2.04. The predicted molar refractivity (Wildman–Crippen MR) is 67.2 cm³/mol. The maximum atomic E-state index is 4.66. The maximum absolute atomic E-state index is 4.66. The summed E-state index contributed by atoms with van der Waals surface area (Å²) in [6.45, 7) is 2.57. The van der Waals surface area contributed by atoms with E-state index in [4.69, 9.17) is 0 Å². The van der Waals surface area contributed by atoms with Crippen molar-refractivity contribution in [2.24, 2.45) is 0 Å². The molecule has 96 valence electrons. The standard InChI is InChI=1S/C11H16N6O/c1-3-4-8-15-9(12-2)5-10(16-8)13-6-11-14-7-18-17-11/h5,7H,3-4,6H2,1-2H3,(H2,12,13,15,16). The molecule has 0 aliphatic carbocycles. The number of hydrogen-bond donors (Lipinski definition) is 2. The zero-order valence-electron chi connectivity index (χ0n) is 10.5. The van der Waals surface area contributed by atoms with Gasteiger partial charge in [-0.2, -0.15) is 4.98 Å². The normalized spacial score (nSPS) is 10.3. The molecule has 0 aromatic carbocycles. The van der Waals surface area contributed by atoms with Crippen LogP contribution in [0.15, 0.2) is 17.0 Å². The molecule has 0 aliphatic rings. The summed E-state index contributed by atoms with van der Waals surface area (Å²) < 4.78 is 4.66. The second kappa shape index (κ2) is 5.95. The van der Waals surface area contributed by atoms with Crippen LogP contribution < -0.4 is 10.6 Å². The van der Waals surface area contributed by atoms with Gasteiger partial charge in [0.15, 0.2) is 5.82 Å². The number of rotatable bonds is 6. The zero-order chi connectivity index (χ0) is 12.8. The molecule has 0 atom stereocenters. The molecular formula is C11H16N6O. The quantitative estimate of drug-likeness (QED) is 0.800. The van der Waals surface area contributed by atoms with Crippen molar-refractivity contribution < 1.29 is 4.52 Å². The number of aromatic nitrogens is 4. The fourth-order valence-corrected chi connectivity index (χ4v) is 1.49. The van der Waals surface area contributed by atoms with Crippen LogP contribution in [-0.2, 0) is 13.0 Å². The molecule has 7 nitrogen and oxygen atoms in total. The Morgan fingerprint density at radius 3 is 2.72 bits per heavy atom. The van der Waals surface area contributed by atoms with E-state index in [0.29, 0.717) is 12.4 Å². The van der Waals surface area contributed by atoms with Crippen molar-refractivity contribution in [3.63, 3.8) is 0 Å². The molecule has 2 rings (SSSR count). The molecular weight excluding hydrogens is 232 g/mol. The van der Waals surface area contributed by atoms with Crippen LogP contribution >= 0.6 is 0 Å². The van der Waals surface area contributed by atoms with Gasteiger partial charge in [-0.15, -0.1) is 0 Å². The van der Waals surface area contributed by atoms with E-state index in [1.165, 1.54) is 6.39 Å². The van der Waals surface area contributed by atoms with Crippen LogP contribution in [0.5, 0.6) is 0 Å². The molecule has 2 aromatic heterocycles. The van der Waals surface area contributed by atoms with Crippen molar-refractivity contribution in [3.05, 3.63) is 24.1 Å². The molecule has 0 bridgehead atoms. The molecule has 0 unspecified atom stereocenters. The number of anilines is 2. The largest absolute Gasteiger partial charge is 0.373 e. The summed E-state index contributed by atoms with van der Waals surface area (Å²) >= 11 is 0. The van der Waals surface area contributed by atoms with Crippen molar-refractivity contribution in [1.29, 1.82) is 0 Å². The summed E-state index contributed by atoms with van der Waals surface area (Å²) in [6.07, 6.45) is 3.17. The molecule has 0 radical (unpaired) electrons. The Morgan fingerprint density at radius 1 is 1.22 bits per heavy atom. The van der Waals surface area contributed by atoms with Gasteiger partial charge in [-0.25, -0.2) is 9.97 Å². The number of hydrogen-bond acceptors (Lipinski definition) is 7. The van der Waals surface area contributed by atoms with Gasteiger partial charge in [0, 0.05) is 19.5 Å². The van der Waals surface area contributed by atoms with Crippen molar-refractivity contribution in [2.75, 3.05) is 17.7 Å². The summed E-state index contributed by atoms with van der Waals surface area (Å²) in [6, 6.07) is 1.85. The van der Waals surface area contributed by atoms with E-state index in [1.54, 1.807) is 0 Å². The van der Waals surface area contributed by atoms with Crippen LogP contribution in [0, 0.1) is 0 Å². The molecule has 7 heteroatoms. The SMILES string of the molecule is CCCc1nc(NC)cc(NCc2ncon2)n1. The van der Waals surface area contributed by atoms with Crippen molar-refractivity contribution in [2.45, 2.75) is 26.3 Å². The van der Waals surface area contributed by atoms with Gasteiger partial charge < -0.3 is 15.2 Å². The molecule has 0 fully saturated rings. The minimum absolute atomic E-state index is 0.474. The van der Waals surface area contributed by atoms with Gasteiger partial charge in [0.2, 0.25) is 6.39 Å². The number of nitrogens with one attached hydrogen (secondary N) is 2. The summed E-state index contributed by atoms with van der Waals surface area (Å²) in [4.78, 5) is 12.7. The number of nitrogens with zero attached hydrogens (tertiary/aromatic N) is 4. The fourth-order valence-electron chi connectivity index (χ4n) is 1.49. The van der Waals surface area contributed by atoms with E-state index in [1.807, 2.05) is 13.1 Å². The lowest BCUT2D eigenvalue weighted by Crippen LogP contribution is -2.07. The molecule has 2 aromatic rings. The molecule has 2 heterocycles. The summed E-state index contributed by atoms with van der Waals surface area (Å²) in [7, 11) is 1.83. The van der Waals surface area contributed by atoms with Crippen LogP contribution in [0.2, 0.25) is 0 Å². The van der Waals surface area contributed by atoms with Crippen molar-refractivity contribution >= 4 is 11.6 Å². The van der Waals surface area contributed by atoms with Crippen LogP contribution in [0.25, 0.3) is 0 Å². The molecule has 18 heavy (non-hydrogen) atoms. The van der Waals surface area contributed by atoms with Crippen LogP contribution in [0.3, 0.4) is 0 Å². The van der Waals surface area contributed by atoms with E-state index in [2.05, 4.69) is 42.2 Å². The minimum Gasteiger partial charge on any atom is -0.373 e. The zero-order valence-corrected chi connectivity index (χ0v) is 10.5. The monoisotopic (exact) mass is 248 g/mol. The van der Waals surface area contributed by atoms with Gasteiger partial charge in [-0.1, -0.05) is 12.1 Å². The average Bonchev–Trinajstić information content (AvgIpc) is 2.89. The second-order valence-electron chi connectivity index (χ2n) is 3.76. The Bertz CT molecular complexity index is 484. The highest BCUT2D eigenvalue weighted by atomic mass is 16.5. The van der Waals surface area contributed by atoms with Gasteiger partial charge in [-0.3, -0.25) is 0 Å². The van der Waals surface area contributed by atoms with E-state index in [-0.39, 0.29) is 0 Å². The van der Waals surface area contributed by atoms with E-state index in [9.17, 15) is 0 Å². The molecule has 0 amide bonds. The van der Waals surface area contributed by atoms with Gasteiger partial charge in [0.1, 0.15) is 17.5 Å². The maximum Gasteiger partial charge on any atom is 0.213 e. The van der Waals surface area contributed by atoms with Crippen molar-refractivity contribution in [1.82, 2.24) is 20.1 Å². The third-order valence-corrected chi connectivity index (χ3v) is 2.34. The first-order chi connectivity index (χ1) is 8.81. The van der Waals surface area contributed by atoms with Gasteiger partial charge in [0.25, 0.3) is 0 Å². The minimum atomic E-state index is 0.474. The van der Waals surface area contributed by atoms with Crippen LogP contribution in [-0.4, -0.2) is 27.2 Å². The molecule has 0 saturated heterocycles. The van der Waals surface area contributed by atoms with E-state index < -0.39 is 0 Å². The van der Waals surface area contributed by atoms with E-state index >= 15 is 0 Å². The molecule has 0 aliphatic heterocycles. The topological polar surface area (TPSA) is 88.8 Å². The molecule has 2 N–H and O–H groups in total. The lowest BCUT2D eigenvalue weighted by atomic mass is 10.3.